The molecule has 0 unspecified atom stereocenters. The molecule has 0 atom stereocenters. The largest absolute Gasteiger partial charge is 0.335 e. The van der Waals surface area contributed by atoms with Crippen LogP contribution in [-0.2, 0) is 5.54 Å². The first-order chi connectivity index (χ1) is 7.34. The van der Waals surface area contributed by atoms with E-state index in [0.717, 1.165) is 29.3 Å². The molecule has 1 rings (SSSR count). The van der Waals surface area contributed by atoms with E-state index in [1.54, 1.807) is 0 Å². The molecule has 1 aromatic rings. The summed E-state index contributed by atoms with van der Waals surface area (Å²) in [4.78, 5) is 0.882. The second-order valence-corrected chi connectivity index (χ2v) is 5.54. The molecule has 0 saturated heterocycles. The standard InChI is InChI=1S/C12H21N3S/c1-6-7-11(16)13-10-8-9(2)14-15(10)12(3,4)5/h8H,6-7H2,1-5H3,(H,13,16). The third-order valence-corrected chi connectivity index (χ3v) is 2.52. The van der Waals surface area contributed by atoms with Gasteiger partial charge in [0.2, 0.25) is 0 Å². The van der Waals surface area contributed by atoms with Gasteiger partial charge in [-0.25, -0.2) is 4.68 Å². The summed E-state index contributed by atoms with van der Waals surface area (Å²) in [5.41, 5.74) is 0.982. The topological polar surface area (TPSA) is 29.9 Å². The Kier molecular flexibility index (Phi) is 4.08. The van der Waals surface area contributed by atoms with Gasteiger partial charge in [0.1, 0.15) is 5.82 Å². The zero-order valence-electron chi connectivity index (χ0n) is 10.8. The van der Waals surface area contributed by atoms with Crippen molar-refractivity contribution < 1.29 is 0 Å². The highest BCUT2D eigenvalue weighted by atomic mass is 32.1. The molecule has 1 heterocycles. The third-order valence-electron chi connectivity index (χ3n) is 2.21. The molecule has 0 aliphatic heterocycles. The fraction of sp³-hybridized carbons (Fsp3) is 0.667. The van der Waals surface area contributed by atoms with Crippen molar-refractivity contribution in [3.8, 4) is 0 Å². The molecule has 90 valence electrons. The minimum Gasteiger partial charge on any atom is -0.335 e. The summed E-state index contributed by atoms with van der Waals surface area (Å²) in [5.74, 6) is 0.989. The Bertz CT molecular complexity index is 374. The first kappa shape index (κ1) is 13.2. The van der Waals surface area contributed by atoms with E-state index >= 15 is 0 Å². The molecule has 1 aromatic heterocycles. The number of anilines is 1. The van der Waals surface area contributed by atoms with Gasteiger partial charge in [0.15, 0.2) is 0 Å². The predicted octanol–water partition coefficient (Wildman–Crippen LogP) is 3.49. The van der Waals surface area contributed by atoms with E-state index in [2.05, 4.69) is 38.1 Å². The van der Waals surface area contributed by atoms with Gasteiger partial charge < -0.3 is 5.32 Å². The van der Waals surface area contributed by atoms with Crippen LogP contribution < -0.4 is 5.32 Å². The Morgan fingerprint density at radius 2 is 2.12 bits per heavy atom. The molecule has 0 saturated carbocycles. The van der Waals surface area contributed by atoms with Gasteiger partial charge in [-0.1, -0.05) is 19.1 Å². The molecule has 0 aromatic carbocycles. The molecule has 0 fully saturated rings. The molecule has 0 bridgehead atoms. The van der Waals surface area contributed by atoms with Gasteiger partial charge in [-0.3, -0.25) is 0 Å². The van der Waals surface area contributed by atoms with Gasteiger partial charge in [0.05, 0.1) is 16.2 Å². The zero-order valence-corrected chi connectivity index (χ0v) is 11.6. The van der Waals surface area contributed by atoms with E-state index < -0.39 is 0 Å². The van der Waals surface area contributed by atoms with Gasteiger partial charge in [0.25, 0.3) is 0 Å². The van der Waals surface area contributed by atoms with Gasteiger partial charge in [-0.2, -0.15) is 5.10 Å². The summed E-state index contributed by atoms with van der Waals surface area (Å²) < 4.78 is 1.99. The smallest absolute Gasteiger partial charge is 0.129 e. The number of nitrogens with one attached hydrogen (secondary N) is 1. The van der Waals surface area contributed by atoms with Crippen molar-refractivity contribution in [2.75, 3.05) is 5.32 Å². The Labute approximate surface area is 103 Å². The van der Waals surface area contributed by atoms with Crippen LogP contribution in [0.3, 0.4) is 0 Å². The van der Waals surface area contributed by atoms with Crippen molar-refractivity contribution >= 4 is 23.0 Å². The van der Waals surface area contributed by atoms with Gasteiger partial charge in [0, 0.05) is 6.07 Å². The van der Waals surface area contributed by atoms with Gasteiger partial charge in [-0.05, 0) is 40.5 Å². The summed E-state index contributed by atoms with van der Waals surface area (Å²) in [7, 11) is 0. The fourth-order valence-corrected chi connectivity index (χ4v) is 1.84. The summed E-state index contributed by atoms with van der Waals surface area (Å²) in [6.07, 6.45) is 1.98. The maximum absolute atomic E-state index is 5.27. The SMILES string of the molecule is CCCC(=S)Nc1cc(C)nn1C(C)(C)C. The van der Waals surface area contributed by atoms with Crippen LogP contribution in [0.15, 0.2) is 6.07 Å². The quantitative estimate of drug-likeness (QED) is 0.819. The zero-order chi connectivity index (χ0) is 12.3. The lowest BCUT2D eigenvalue weighted by Gasteiger charge is -2.22. The van der Waals surface area contributed by atoms with Gasteiger partial charge >= 0.3 is 0 Å². The Morgan fingerprint density at radius 3 is 2.62 bits per heavy atom. The lowest BCUT2D eigenvalue weighted by Crippen LogP contribution is -2.26. The maximum Gasteiger partial charge on any atom is 0.129 e. The van der Waals surface area contributed by atoms with E-state index in [-0.39, 0.29) is 5.54 Å². The van der Waals surface area contributed by atoms with Crippen LogP contribution in [0.2, 0.25) is 0 Å². The highest BCUT2D eigenvalue weighted by molar-refractivity contribution is 7.80. The van der Waals surface area contributed by atoms with Gasteiger partial charge in [-0.15, -0.1) is 0 Å². The molecule has 3 nitrogen and oxygen atoms in total. The summed E-state index contributed by atoms with van der Waals surface area (Å²) in [6, 6.07) is 2.03. The van der Waals surface area contributed by atoms with Crippen LogP contribution in [0.1, 0.15) is 46.2 Å². The third kappa shape index (κ3) is 3.30. The van der Waals surface area contributed by atoms with E-state index in [1.165, 1.54) is 0 Å². The molecule has 0 amide bonds. The van der Waals surface area contributed by atoms with E-state index in [4.69, 9.17) is 12.2 Å². The summed E-state index contributed by atoms with van der Waals surface area (Å²) in [5, 5.41) is 7.76. The lowest BCUT2D eigenvalue weighted by molar-refractivity contribution is 0.360. The maximum atomic E-state index is 5.27. The second kappa shape index (κ2) is 4.95. The van der Waals surface area contributed by atoms with Crippen LogP contribution >= 0.6 is 12.2 Å². The number of aryl methyl sites for hydroxylation is 1. The van der Waals surface area contributed by atoms with Crippen molar-refractivity contribution in [1.29, 1.82) is 0 Å². The molecule has 16 heavy (non-hydrogen) atoms. The first-order valence-electron chi connectivity index (χ1n) is 5.71. The molecule has 0 aliphatic carbocycles. The van der Waals surface area contributed by atoms with Crippen molar-refractivity contribution in [2.45, 2.75) is 53.0 Å². The van der Waals surface area contributed by atoms with Crippen molar-refractivity contribution in [3.05, 3.63) is 11.8 Å². The van der Waals surface area contributed by atoms with Crippen LogP contribution in [0.25, 0.3) is 0 Å². The van der Waals surface area contributed by atoms with Crippen LogP contribution in [-0.4, -0.2) is 14.8 Å². The molecule has 1 N–H and O–H groups in total. The van der Waals surface area contributed by atoms with Crippen molar-refractivity contribution in [1.82, 2.24) is 9.78 Å². The number of rotatable bonds is 3. The molecular formula is C12H21N3S. The van der Waals surface area contributed by atoms with Crippen LogP contribution in [0.5, 0.6) is 0 Å². The van der Waals surface area contributed by atoms with Crippen LogP contribution in [0, 0.1) is 6.92 Å². The second-order valence-electron chi connectivity index (χ2n) is 5.05. The molecule has 0 radical (unpaired) electrons. The average Bonchev–Trinajstić information content (AvgIpc) is 2.46. The normalized spacial score (nSPS) is 11.6. The number of hydrogen-bond donors (Lipinski definition) is 1. The Hall–Kier alpha value is -0.900. The van der Waals surface area contributed by atoms with E-state index in [1.807, 2.05) is 17.7 Å². The lowest BCUT2D eigenvalue weighted by atomic mass is 10.1. The Balaban J connectivity index is 2.91. The molecule has 0 aliphatic rings. The fourth-order valence-electron chi connectivity index (χ4n) is 1.53. The average molecular weight is 239 g/mol. The highest BCUT2D eigenvalue weighted by Crippen LogP contribution is 2.21. The first-order valence-corrected chi connectivity index (χ1v) is 6.12. The number of hydrogen-bond acceptors (Lipinski definition) is 2. The van der Waals surface area contributed by atoms with E-state index in [0.29, 0.717) is 0 Å². The number of aromatic nitrogens is 2. The monoisotopic (exact) mass is 239 g/mol. The minimum absolute atomic E-state index is 0.0293. The number of nitrogens with zero attached hydrogens (tertiary/aromatic N) is 2. The van der Waals surface area contributed by atoms with Crippen LogP contribution in [0.4, 0.5) is 5.82 Å². The highest BCUT2D eigenvalue weighted by Gasteiger charge is 2.18. The summed E-state index contributed by atoms with van der Waals surface area (Å²) in [6.45, 7) is 10.5. The molecular weight excluding hydrogens is 218 g/mol. The summed E-state index contributed by atoms with van der Waals surface area (Å²) >= 11 is 5.27. The van der Waals surface area contributed by atoms with Crippen molar-refractivity contribution in [3.63, 3.8) is 0 Å². The predicted molar refractivity (Wildman–Crippen MR) is 73.1 cm³/mol. The molecule has 0 spiro atoms. The van der Waals surface area contributed by atoms with Crippen molar-refractivity contribution in [2.24, 2.45) is 0 Å². The van der Waals surface area contributed by atoms with E-state index in [9.17, 15) is 0 Å². The number of thiocarbonyl (C=S) groups is 1. The Morgan fingerprint density at radius 1 is 1.50 bits per heavy atom. The molecule has 4 heteroatoms. The minimum atomic E-state index is -0.0293.